The number of carbonyl (C=O) groups excluding carboxylic acids is 1. The monoisotopic (exact) mass is 255 g/mol. The Bertz CT molecular complexity index is 377. The molecule has 1 rings (SSSR count). The Morgan fingerprint density at radius 1 is 1.69 bits per heavy atom. The highest BCUT2D eigenvalue weighted by Crippen LogP contribution is 2.34. The zero-order chi connectivity index (χ0) is 12.3. The van der Waals surface area contributed by atoms with E-state index >= 15 is 0 Å². The predicted molar refractivity (Wildman–Crippen MR) is 48.7 cm³/mol. The van der Waals surface area contributed by atoms with E-state index in [-0.39, 0.29) is 22.8 Å². The number of carbonyl (C=O) groups is 1. The lowest BCUT2D eigenvalue weighted by Gasteiger charge is -2.06. The molecule has 90 valence electrons. The van der Waals surface area contributed by atoms with Crippen LogP contribution in [-0.4, -0.2) is 22.7 Å². The quantitative estimate of drug-likeness (QED) is 0.836. The second kappa shape index (κ2) is 4.79. The molecule has 1 unspecified atom stereocenters. The van der Waals surface area contributed by atoms with Gasteiger partial charge in [-0.25, -0.2) is 9.78 Å². The van der Waals surface area contributed by atoms with Gasteiger partial charge in [0.1, 0.15) is 0 Å². The number of thiazole rings is 1. The molecule has 1 atom stereocenters. The van der Waals surface area contributed by atoms with Crippen molar-refractivity contribution in [3.05, 3.63) is 16.1 Å². The Morgan fingerprint density at radius 3 is 2.75 bits per heavy atom. The highest BCUT2D eigenvalue weighted by atomic mass is 32.1. The molecule has 1 heterocycles. The second-order valence-corrected chi connectivity index (χ2v) is 3.78. The number of rotatable bonds is 3. The van der Waals surface area contributed by atoms with E-state index in [0.29, 0.717) is 0 Å². The van der Waals surface area contributed by atoms with Crippen molar-refractivity contribution in [1.82, 2.24) is 4.98 Å². The van der Waals surface area contributed by atoms with Gasteiger partial charge in [0.15, 0.2) is 11.1 Å². The molecule has 0 fully saturated rings. The third-order valence-corrected chi connectivity index (χ3v) is 2.64. The summed E-state index contributed by atoms with van der Waals surface area (Å²) in [6.45, 7) is 1.57. The Morgan fingerprint density at radius 2 is 2.31 bits per heavy atom. The first-order chi connectivity index (χ1) is 7.36. The molecule has 0 amide bonds. The molecule has 0 aromatic carbocycles. The molecule has 0 spiro atoms. The smallest absolute Gasteiger partial charge is 0.443 e. The molecular formula is C8H8F3NO3S. The van der Waals surface area contributed by atoms with Gasteiger partial charge in [0.25, 0.3) is 0 Å². The van der Waals surface area contributed by atoms with E-state index in [1.165, 1.54) is 6.92 Å². The molecule has 0 aliphatic heterocycles. The van der Waals surface area contributed by atoms with Gasteiger partial charge >= 0.3 is 12.1 Å². The van der Waals surface area contributed by atoms with Gasteiger partial charge in [-0.15, -0.1) is 11.3 Å². The highest BCUT2D eigenvalue weighted by Gasteiger charge is 2.36. The molecule has 1 aromatic heterocycles. The van der Waals surface area contributed by atoms with Crippen molar-refractivity contribution in [2.45, 2.75) is 19.2 Å². The van der Waals surface area contributed by atoms with Gasteiger partial charge < -0.3 is 9.84 Å². The maximum absolute atomic E-state index is 12.2. The summed E-state index contributed by atoms with van der Waals surface area (Å²) in [5.41, 5.74) is 0. The summed E-state index contributed by atoms with van der Waals surface area (Å²) < 4.78 is 41.0. The Kier molecular flexibility index (Phi) is 3.87. The van der Waals surface area contributed by atoms with Crippen molar-refractivity contribution in [1.29, 1.82) is 0 Å². The van der Waals surface area contributed by atoms with E-state index in [0.717, 1.165) is 6.20 Å². The van der Waals surface area contributed by atoms with E-state index in [1.54, 1.807) is 0 Å². The lowest BCUT2D eigenvalue weighted by Crippen LogP contribution is -2.14. The van der Waals surface area contributed by atoms with Gasteiger partial charge in [0.2, 0.25) is 0 Å². The first-order valence-corrected chi connectivity index (χ1v) is 5.05. The Balaban J connectivity index is 2.82. The molecule has 0 saturated carbocycles. The second-order valence-electron chi connectivity index (χ2n) is 2.72. The molecule has 8 heteroatoms. The lowest BCUT2D eigenvalue weighted by molar-refractivity contribution is -0.153. The van der Waals surface area contributed by atoms with Gasteiger partial charge in [-0.1, -0.05) is 0 Å². The van der Waals surface area contributed by atoms with Crippen molar-refractivity contribution in [3.63, 3.8) is 0 Å². The maximum Gasteiger partial charge on any atom is 0.443 e. The third-order valence-electron chi connectivity index (χ3n) is 1.55. The maximum atomic E-state index is 12.2. The molecule has 0 aliphatic carbocycles. The molecule has 0 radical (unpaired) electrons. The first kappa shape index (κ1) is 12.9. The number of aliphatic hydroxyl groups is 1. The van der Waals surface area contributed by atoms with Crippen LogP contribution in [0.2, 0.25) is 0 Å². The minimum atomic E-state index is -4.57. The normalized spacial score (nSPS) is 13.6. The fraction of sp³-hybridized carbons (Fsp3) is 0.500. The molecule has 1 N–H and O–H groups in total. The van der Waals surface area contributed by atoms with Crippen LogP contribution in [0, 0.1) is 0 Å². The van der Waals surface area contributed by atoms with Crippen LogP contribution in [0.25, 0.3) is 0 Å². The van der Waals surface area contributed by atoms with Gasteiger partial charge in [-0.2, -0.15) is 13.2 Å². The number of aliphatic hydroxyl groups excluding tert-OH is 1. The van der Waals surface area contributed by atoms with E-state index in [1.807, 2.05) is 0 Å². The van der Waals surface area contributed by atoms with E-state index < -0.39 is 23.3 Å². The number of alkyl halides is 3. The summed E-state index contributed by atoms with van der Waals surface area (Å²) in [6.07, 6.45) is -5.47. The van der Waals surface area contributed by atoms with Gasteiger partial charge in [0.05, 0.1) is 11.5 Å². The Labute approximate surface area is 92.7 Å². The van der Waals surface area contributed by atoms with Crippen molar-refractivity contribution < 1.29 is 27.8 Å². The summed E-state index contributed by atoms with van der Waals surface area (Å²) in [7, 11) is 0. The first-order valence-electron chi connectivity index (χ1n) is 4.24. The Hall–Kier alpha value is -1.15. The molecule has 0 aliphatic rings. The standard InChI is InChI=1S/C8H8F3NO3S/c1-2-15-6(14)5(13)4-3-12-7(16-4)8(9,10)11/h3,5,13H,2H2,1H3. The summed E-state index contributed by atoms with van der Waals surface area (Å²) in [4.78, 5) is 13.9. The minimum Gasteiger partial charge on any atom is -0.464 e. The van der Waals surface area contributed by atoms with Crippen LogP contribution in [0.1, 0.15) is 22.9 Å². The average Bonchev–Trinajstić information content (AvgIpc) is 2.65. The summed E-state index contributed by atoms with van der Waals surface area (Å²) in [6, 6.07) is 0. The van der Waals surface area contributed by atoms with Crippen LogP contribution in [0.5, 0.6) is 0 Å². The molecule has 1 aromatic rings. The van der Waals surface area contributed by atoms with Crippen molar-refractivity contribution in [2.75, 3.05) is 6.61 Å². The number of ether oxygens (including phenoxy) is 1. The number of halogens is 3. The van der Waals surface area contributed by atoms with Gasteiger partial charge in [-0.3, -0.25) is 0 Å². The van der Waals surface area contributed by atoms with Crippen LogP contribution >= 0.6 is 11.3 Å². The number of esters is 1. The van der Waals surface area contributed by atoms with Crippen LogP contribution in [-0.2, 0) is 15.7 Å². The lowest BCUT2D eigenvalue weighted by atomic mass is 10.3. The molecular weight excluding hydrogens is 247 g/mol. The van der Waals surface area contributed by atoms with Crippen molar-refractivity contribution in [3.8, 4) is 0 Å². The van der Waals surface area contributed by atoms with Crippen LogP contribution in [0.3, 0.4) is 0 Å². The van der Waals surface area contributed by atoms with Crippen LogP contribution < -0.4 is 0 Å². The summed E-state index contributed by atoms with van der Waals surface area (Å²) in [5, 5.41) is 8.22. The van der Waals surface area contributed by atoms with Crippen LogP contribution in [0.15, 0.2) is 6.20 Å². The van der Waals surface area contributed by atoms with Gasteiger partial charge in [-0.05, 0) is 6.92 Å². The van der Waals surface area contributed by atoms with E-state index in [2.05, 4.69) is 9.72 Å². The predicted octanol–water partition coefficient (Wildman–Crippen LogP) is 1.76. The number of hydrogen-bond acceptors (Lipinski definition) is 5. The zero-order valence-corrected chi connectivity index (χ0v) is 8.93. The summed E-state index contributed by atoms with van der Waals surface area (Å²) >= 11 is 0.215. The fourth-order valence-corrected chi connectivity index (χ4v) is 1.64. The van der Waals surface area contributed by atoms with Crippen LogP contribution in [0.4, 0.5) is 13.2 Å². The number of hydrogen-bond donors (Lipinski definition) is 1. The van der Waals surface area contributed by atoms with E-state index in [9.17, 15) is 23.1 Å². The van der Waals surface area contributed by atoms with Crippen molar-refractivity contribution >= 4 is 17.3 Å². The van der Waals surface area contributed by atoms with E-state index in [4.69, 9.17) is 0 Å². The molecule has 16 heavy (non-hydrogen) atoms. The molecule has 4 nitrogen and oxygen atoms in total. The molecule has 0 bridgehead atoms. The van der Waals surface area contributed by atoms with Gasteiger partial charge in [0, 0.05) is 6.20 Å². The SMILES string of the molecule is CCOC(=O)C(O)c1cnc(C(F)(F)F)s1. The third kappa shape index (κ3) is 2.92. The topological polar surface area (TPSA) is 59.4 Å². The number of aromatic nitrogens is 1. The van der Waals surface area contributed by atoms with Crippen molar-refractivity contribution in [2.24, 2.45) is 0 Å². The zero-order valence-electron chi connectivity index (χ0n) is 8.11. The number of nitrogens with zero attached hydrogens (tertiary/aromatic N) is 1. The molecule has 0 saturated heterocycles. The highest BCUT2D eigenvalue weighted by molar-refractivity contribution is 7.11. The largest absolute Gasteiger partial charge is 0.464 e. The minimum absolute atomic E-state index is 0.0425. The fourth-order valence-electron chi connectivity index (χ4n) is 0.881. The average molecular weight is 255 g/mol. The summed E-state index contributed by atoms with van der Waals surface area (Å²) in [5.74, 6) is -0.986.